The van der Waals surface area contributed by atoms with E-state index in [4.69, 9.17) is 5.73 Å². The van der Waals surface area contributed by atoms with Gasteiger partial charge in [0.05, 0.1) is 0 Å². The van der Waals surface area contributed by atoms with Crippen LogP contribution in [0.5, 0.6) is 0 Å². The van der Waals surface area contributed by atoms with E-state index in [1.165, 1.54) is 83.7 Å². The summed E-state index contributed by atoms with van der Waals surface area (Å²) < 4.78 is 0. The van der Waals surface area contributed by atoms with Gasteiger partial charge in [0.25, 0.3) is 0 Å². The molecule has 0 heterocycles. The molecular formula is C15H34N2. The average molecular weight is 242 g/mol. The molecule has 3 N–H and O–H groups in total. The normalized spacial score (nSPS) is 10.9. The molecule has 0 aromatic rings. The van der Waals surface area contributed by atoms with Crippen molar-refractivity contribution in [1.29, 1.82) is 0 Å². The summed E-state index contributed by atoms with van der Waals surface area (Å²) in [5.41, 5.74) is 5.46. The molecule has 104 valence electrons. The van der Waals surface area contributed by atoms with E-state index in [0.29, 0.717) is 0 Å². The molecule has 0 unspecified atom stereocenters. The van der Waals surface area contributed by atoms with Crippen LogP contribution >= 0.6 is 0 Å². The Morgan fingerprint density at radius 3 is 1.65 bits per heavy atom. The molecule has 0 aliphatic heterocycles. The molecule has 0 amide bonds. The van der Waals surface area contributed by atoms with Crippen molar-refractivity contribution in [2.45, 2.75) is 77.6 Å². The minimum atomic E-state index is 0.857. The van der Waals surface area contributed by atoms with Crippen molar-refractivity contribution < 1.29 is 0 Å². The summed E-state index contributed by atoms with van der Waals surface area (Å²) in [7, 11) is 0. The van der Waals surface area contributed by atoms with Crippen LogP contribution in [-0.4, -0.2) is 19.6 Å². The van der Waals surface area contributed by atoms with E-state index in [2.05, 4.69) is 12.2 Å². The van der Waals surface area contributed by atoms with Gasteiger partial charge in [-0.2, -0.15) is 0 Å². The third-order valence-corrected chi connectivity index (χ3v) is 3.26. The van der Waals surface area contributed by atoms with E-state index in [1.807, 2.05) is 0 Å². The van der Waals surface area contributed by atoms with Crippen LogP contribution in [0.1, 0.15) is 77.6 Å². The lowest BCUT2D eigenvalue weighted by Gasteiger charge is -2.04. The Morgan fingerprint density at radius 2 is 1.12 bits per heavy atom. The highest BCUT2D eigenvalue weighted by Gasteiger charge is 1.92. The number of hydrogen-bond acceptors (Lipinski definition) is 2. The summed E-state index contributed by atoms with van der Waals surface area (Å²) in [5, 5.41) is 3.54. The predicted octanol–water partition coefficient (Wildman–Crippen LogP) is 3.85. The zero-order chi connectivity index (χ0) is 12.6. The Bertz CT molecular complexity index is 112. The molecular weight excluding hydrogens is 208 g/mol. The molecule has 0 spiro atoms. The Hall–Kier alpha value is -0.0800. The summed E-state index contributed by atoms with van der Waals surface area (Å²) in [6.45, 7) is 5.55. The van der Waals surface area contributed by atoms with Gasteiger partial charge in [0, 0.05) is 0 Å². The minimum Gasteiger partial charge on any atom is -0.330 e. The highest BCUT2D eigenvalue weighted by atomic mass is 14.8. The Kier molecular flexibility index (Phi) is 15.8. The van der Waals surface area contributed by atoms with Crippen molar-refractivity contribution in [3.8, 4) is 0 Å². The molecule has 17 heavy (non-hydrogen) atoms. The molecule has 0 aromatic heterocycles. The molecule has 0 radical (unpaired) electrons. The van der Waals surface area contributed by atoms with Gasteiger partial charge < -0.3 is 11.1 Å². The van der Waals surface area contributed by atoms with Crippen molar-refractivity contribution in [2.75, 3.05) is 19.6 Å². The Balaban J connectivity index is 2.85. The van der Waals surface area contributed by atoms with Crippen LogP contribution in [0, 0.1) is 0 Å². The van der Waals surface area contributed by atoms with Crippen LogP contribution in [0.4, 0.5) is 0 Å². The first-order chi connectivity index (χ1) is 8.41. The van der Waals surface area contributed by atoms with Gasteiger partial charge in [0.2, 0.25) is 0 Å². The average Bonchev–Trinajstić information content (AvgIpc) is 2.35. The third kappa shape index (κ3) is 15.9. The number of unbranched alkanes of at least 4 members (excludes halogenated alkanes) is 9. The molecule has 2 heteroatoms. The van der Waals surface area contributed by atoms with Gasteiger partial charge in [-0.1, -0.05) is 58.3 Å². The summed E-state index contributed by atoms with van der Waals surface area (Å²) in [5.74, 6) is 0. The standard InChI is InChI=1S/C15H34N2/c1-2-3-4-5-8-11-14-17-15-12-9-6-7-10-13-16/h17H,2-16H2,1H3. The van der Waals surface area contributed by atoms with Crippen molar-refractivity contribution in [1.82, 2.24) is 5.32 Å². The number of hydrogen-bond donors (Lipinski definition) is 2. The predicted molar refractivity (Wildman–Crippen MR) is 78.4 cm³/mol. The van der Waals surface area contributed by atoms with Gasteiger partial charge in [-0.15, -0.1) is 0 Å². The topological polar surface area (TPSA) is 38.0 Å². The maximum Gasteiger partial charge on any atom is -0.00489 e. The van der Waals surface area contributed by atoms with E-state index in [9.17, 15) is 0 Å². The van der Waals surface area contributed by atoms with Crippen LogP contribution in [0.3, 0.4) is 0 Å². The van der Waals surface area contributed by atoms with Gasteiger partial charge >= 0.3 is 0 Å². The molecule has 0 fully saturated rings. The van der Waals surface area contributed by atoms with Crippen LogP contribution in [0.2, 0.25) is 0 Å². The first-order valence-electron chi connectivity index (χ1n) is 7.82. The van der Waals surface area contributed by atoms with E-state index >= 15 is 0 Å². The Labute approximate surface area is 109 Å². The fourth-order valence-electron chi connectivity index (χ4n) is 2.08. The fourth-order valence-corrected chi connectivity index (χ4v) is 2.08. The van der Waals surface area contributed by atoms with Crippen LogP contribution in [-0.2, 0) is 0 Å². The lowest BCUT2D eigenvalue weighted by molar-refractivity contribution is 0.545. The van der Waals surface area contributed by atoms with Crippen molar-refractivity contribution in [3.05, 3.63) is 0 Å². The molecule has 0 rings (SSSR count). The molecule has 0 aliphatic carbocycles. The quantitative estimate of drug-likeness (QED) is 0.454. The SMILES string of the molecule is CCCCCCCCNCCCCCCCN. The smallest absolute Gasteiger partial charge is 0.00489 e. The zero-order valence-electron chi connectivity index (χ0n) is 12.0. The molecule has 0 aliphatic rings. The van der Waals surface area contributed by atoms with Crippen molar-refractivity contribution >= 4 is 0 Å². The van der Waals surface area contributed by atoms with E-state index in [0.717, 1.165) is 6.54 Å². The van der Waals surface area contributed by atoms with E-state index < -0.39 is 0 Å². The minimum absolute atomic E-state index is 0.857. The molecule has 2 nitrogen and oxygen atoms in total. The Morgan fingerprint density at radius 1 is 0.647 bits per heavy atom. The summed E-state index contributed by atoms with van der Waals surface area (Å²) in [6, 6.07) is 0. The molecule has 0 bridgehead atoms. The van der Waals surface area contributed by atoms with Crippen molar-refractivity contribution in [2.24, 2.45) is 5.73 Å². The second kappa shape index (κ2) is 15.9. The summed E-state index contributed by atoms with van der Waals surface area (Å²) in [4.78, 5) is 0. The van der Waals surface area contributed by atoms with Gasteiger partial charge in [0.15, 0.2) is 0 Å². The third-order valence-electron chi connectivity index (χ3n) is 3.26. The van der Waals surface area contributed by atoms with E-state index in [1.54, 1.807) is 0 Å². The van der Waals surface area contributed by atoms with Gasteiger partial charge in [-0.05, 0) is 38.9 Å². The molecule has 0 atom stereocenters. The summed E-state index contributed by atoms with van der Waals surface area (Å²) in [6.07, 6.45) is 14.9. The first-order valence-corrected chi connectivity index (χ1v) is 7.82. The second-order valence-corrected chi connectivity index (χ2v) is 5.07. The maximum absolute atomic E-state index is 5.46. The first kappa shape index (κ1) is 16.9. The van der Waals surface area contributed by atoms with Gasteiger partial charge in [0.1, 0.15) is 0 Å². The van der Waals surface area contributed by atoms with Crippen molar-refractivity contribution in [3.63, 3.8) is 0 Å². The lowest BCUT2D eigenvalue weighted by Crippen LogP contribution is -2.16. The monoisotopic (exact) mass is 242 g/mol. The highest BCUT2D eigenvalue weighted by molar-refractivity contribution is 4.51. The fraction of sp³-hybridized carbons (Fsp3) is 1.00. The summed E-state index contributed by atoms with van der Waals surface area (Å²) >= 11 is 0. The van der Waals surface area contributed by atoms with Crippen LogP contribution in [0.25, 0.3) is 0 Å². The number of rotatable bonds is 14. The zero-order valence-corrected chi connectivity index (χ0v) is 12.0. The lowest BCUT2D eigenvalue weighted by atomic mass is 10.1. The molecule has 0 saturated carbocycles. The number of nitrogens with two attached hydrogens (primary N) is 1. The molecule has 0 saturated heterocycles. The maximum atomic E-state index is 5.46. The highest BCUT2D eigenvalue weighted by Crippen LogP contribution is 2.04. The van der Waals surface area contributed by atoms with Gasteiger partial charge in [-0.3, -0.25) is 0 Å². The van der Waals surface area contributed by atoms with Crippen LogP contribution in [0.15, 0.2) is 0 Å². The molecule has 0 aromatic carbocycles. The second-order valence-electron chi connectivity index (χ2n) is 5.07. The van der Waals surface area contributed by atoms with Gasteiger partial charge in [-0.25, -0.2) is 0 Å². The number of nitrogens with one attached hydrogen (secondary N) is 1. The van der Waals surface area contributed by atoms with E-state index in [-0.39, 0.29) is 0 Å². The van der Waals surface area contributed by atoms with Crippen LogP contribution < -0.4 is 11.1 Å². The largest absolute Gasteiger partial charge is 0.330 e.